The molecule has 0 unspecified atom stereocenters. The maximum atomic E-state index is 13.4. The highest BCUT2D eigenvalue weighted by atomic mass is 16.5. The molecule has 2 aromatic carbocycles. The molecule has 5 nitrogen and oxygen atoms in total. The van der Waals surface area contributed by atoms with E-state index < -0.39 is 5.41 Å². The first kappa shape index (κ1) is 22.0. The number of methoxy groups -OCH3 is 1. The Bertz CT molecular complexity index is 1070. The topological polar surface area (TPSA) is 45.7 Å². The molecule has 0 radical (unpaired) electrons. The number of likely N-dealkylation sites (tertiary alicyclic amines) is 1. The zero-order valence-corrected chi connectivity index (χ0v) is 19.1. The number of ether oxygens (including phenoxy) is 1. The van der Waals surface area contributed by atoms with Crippen LogP contribution >= 0.6 is 0 Å². The second-order valence-corrected chi connectivity index (χ2v) is 8.74. The van der Waals surface area contributed by atoms with Crippen LogP contribution in [0.2, 0.25) is 0 Å². The van der Waals surface area contributed by atoms with E-state index in [0.717, 1.165) is 42.9 Å². The van der Waals surface area contributed by atoms with Crippen molar-refractivity contribution >= 4 is 5.91 Å². The van der Waals surface area contributed by atoms with E-state index in [1.54, 1.807) is 18.2 Å². The van der Waals surface area contributed by atoms with Gasteiger partial charge >= 0.3 is 0 Å². The van der Waals surface area contributed by atoms with E-state index in [-0.39, 0.29) is 5.91 Å². The van der Waals surface area contributed by atoms with Gasteiger partial charge in [-0.15, -0.1) is 0 Å². The van der Waals surface area contributed by atoms with E-state index in [1.807, 2.05) is 44.4 Å². The first-order valence-electron chi connectivity index (χ1n) is 11.1. The van der Waals surface area contributed by atoms with Crippen molar-refractivity contribution in [1.82, 2.24) is 14.8 Å². The van der Waals surface area contributed by atoms with E-state index >= 15 is 0 Å². The third kappa shape index (κ3) is 4.53. The van der Waals surface area contributed by atoms with Crippen LogP contribution in [0.5, 0.6) is 5.75 Å². The molecule has 1 amide bonds. The van der Waals surface area contributed by atoms with Gasteiger partial charge in [0.25, 0.3) is 0 Å². The number of hydrogen-bond acceptors (Lipinski definition) is 4. The lowest BCUT2D eigenvalue weighted by Gasteiger charge is -2.42. The van der Waals surface area contributed by atoms with Gasteiger partial charge in [-0.1, -0.05) is 36.4 Å². The predicted octanol–water partition coefficient (Wildman–Crippen LogP) is 4.38. The smallest absolute Gasteiger partial charge is 0.235 e. The van der Waals surface area contributed by atoms with E-state index in [0.29, 0.717) is 6.54 Å². The van der Waals surface area contributed by atoms with Crippen LogP contribution in [-0.4, -0.2) is 55.0 Å². The highest BCUT2D eigenvalue weighted by Gasteiger charge is 2.45. The van der Waals surface area contributed by atoms with Crippen molar-refractivity contribution in [3.63, 3.8) is 0 Å². The molecule has 1 aliphatic rings. The molecule has 0 bridgehead atoms. The summed E-state index contributed by atoms with van der Waals surface area (Å²) in [5.74, 6) is 0.984. The molecule has 2 heterocycles. The second-order valence-electron chi connectivity index (χ2n) is 8.74. The molecule has 1 aromatic heterocycles. The summed E-state index contributed by atoms with van der Waals surface area (Å²) in [6.45, 7) is 2.44. The van der Waals surface area contributed by atoms with Gasteiger partial charge in [-0.25, -0.2) is 0 Å². The van der Waals surface area contributed by atoms with Crippen LogP contribution in [0, 0.1) is 0 Å². The first-order chi connectivity index (χ1) is 15.5. The van der Waals surface area contributed by atoms with Gasteiger partial charge in [0.2, 0.25) is 5.91 Å². The number of nitrogens with zero attached hydrogens (tertiary/aromatic N) is 3. The van der Waals surface area contributed by atoms with Crippen molar-refractivity contribution in [2.45, 2.75) is 24.8 Å². The Morgan fingerprint density at radius 3 is 2.56 bits per heavy atom. The molecule has 1 saturated heterocycles. The van der Waals surface area contributed by atoms with Crippen LogP contribution in [0.1, 0.15) is 24.1 Å². The minimum absolute atomic E-state index is 0.131. The number of amides is 1. The van der Waals surface area contributed by atoms with E-state index in [1.165, 1.54) is 11.1 Å². The third-order valence-corrected chi connectivity index (χ3v) is 6.28. The number of pyridine rings is 1. The molecule has 5 heteroatoms. The lowest BCUT2D eigenvalue weighted by Crippen LogP contribution is -2.54. The van der Waals surface area contributed by atoms with Crippen LogP contribution < -0.4 is 4.74 Å². The van der Waals surface area contributed by atoms with Crippen molar-refractivity contribution in [2.75, 3.05) is 34.3 Å². The van der Waals surface area contributed by atoms with Crippen molar-refractivity contribution in [3.05, 3.63) is 84.2 Å². The number of carbonyl (C=O) groups excluding carboxylic acids is 1. The minimum atomic E-state index is -0.604. The van der Waals surface area contributed by atoms with Crippen LogP contribution in [0.15, 0.2) is 72.9 Å². The van der Waals surface area contributed by atoms with Crippen LogP contribution in [0.25, 0.3) is 11.1 Å². The fourth-order valence-corrected chi connectivity index (χ4v) is 4.76. The van der Waals surface area contributed by atoms with Crippen molar-refractivity contribution in [3.8, 4) is 16.9 Å². The number of carbonyl (C=O) groups is 1. The molecule has 3 aromatic rings. The monoisotopic (exact) mass is 429 g/mol. The zero-order chi connectivity index (χ0) is 22.6. The van der Waals surface area contributed by atoms with E-state index in [2.05, 4.69) is 46.3 Å². The molecule has 32 heavy (non-hydrogen) atoms. The van der Waals surface area contributed by atoms with Crippen molar-refractivity contribution in [2.24, 2.45) is 0 Å². The molecule has 4 rings (SSSR count). The Morgan fingerprint density at radius 1 is 1.06 bits per heavy atom. The number of piperidine rings is 1. The Kier molecular flexibility index (Phi) is 6.56. The largest absolute Gasteiger partial charge is 0.497 e. The summed E-state index contributed by atoms with van der Waals surface area (Å²) in [5.41, 5.74) is 3.80. The van der Waals surface area contributed by atoms with Crippen molar-refractivity contribution in [1.29, 1.82) is 0 Å². The summed E-state index contributed by atoms with van der Waals surface area (Å²) in [6, 6.07) is 22.6. The summed E-state index contributed by atoms with van der Waals surface area (Å²) in [7, 11) is 5.36. The average molecular weight is 430 g/mol. The van der Waals surface area contributed by atoms with Crippen LogP contribution in [0.3, 0.4) is 0 Å². The third-order valence-electron chi connectivity index (χ3n) is 6.28. The van der Waals surface area contributed by atoms with Gasteiger partial charge in [-0.05, 0) is 66.4 Å². The molecule has 1 atom stereocenters. The Morgan fingerprint density at radius 2 is 1.84 bits per heavy atom. The summed E-state index contributed by atoms with van der Waals surface area (Å²) in [6.07, 6.45) is 3.57. The van der Waals surface area contributed by atoms with Crippen molar-refractivity contribution < 1.29 is 9.53 Å². The maximum absolute atomic E-state index is 13.4. The quantitative estimate of drug-likeness (QED) is 0.583. The predicted molar refractivity (Wildman–Crippen MR) is 128 cm³/mol. The zero-order valence-electron chi connectivity index (χ0n) is 19.1. The summed E-state index contributed by atoms with van der Waals surface area (Å²) in [5, 5.41) is 0. The molecule has 166 valence electrons. The maximum Gasteiger partial charge on any atom is 0.235 e. The highest BCUT2D eigenvalue weighted by molar-refractivity contribution is 5.88. The molecular weight excluding hydrogens is 398 g/mol. The minimum Gasteiger partial charge on any atom is -0.497 e. The fraction of sp³-hybridized carbons (Fsp3) is 0.333. The first-order valence-corrected chi connectivity index (χ1v) is 11.1. The summed E-state index contributed by atoms with van der Waals surface area (Å²) >= 11 is 0. The molecule has 1 aliphatic heterocycles. The van der Waals surface area contributed by atoms with E-state index in [4.69, 9.17) is 4.74 Å². The standard InChI is InChI=1S/C27H31N3O2/c1-29(2)26(31)27(25-13-4-5-15-28-25)14-8-16-30(20-27)19-21-9-6-10-22(17-21)23-11-7-12-24(18-23)32-3/h4-7,9-13,15,17-18H,8,14,16,19-20H2,1-3H3/t27-/m1/s1. The van der Waals surface area contributed by atoms with Gasteiger partial charge < -0.3 is 9.64 Å². The lowest BCUT2D eigenvalue weighted by molar-refractivity contribution is -0.137. The van der Waals surface area contributed by atoms with Crippen LogP contribution in [0.4, 0.5) is 0 Å². The molecule has 0 spiro atoms. The Balaban J connectivity index is 1.59. The highest BCUT2D eigenvalue weighted by Crippen LogP contribution is 2.35. The van der Waals surface area contributed by atoms with Gasteiger partial charge in [-0.3, -0.25) is 14.7 Å². The molecule has 0 aliphatic carbocycles. The number of aromatic nitrogens is 1. The number of rotatable bonds is 6. The number of benzene rings is 2. The van der Waals surface area contributed by atoms with Gasteiger partial charge in [0.15, 0.2) is 0 Å². The normalized spacial score (nSPS) is 18.8. The average Bonchev–Trinajstić information content (AvgIpc) is 2.84. The second kappa shape index (κ2) is 9.53. The van der Waals surface area contributed by atoms with E-state index in [9.17, 15) is 4.79 Å². The van der Waals surface area contributed by atoms with Gasteiger partial charge in [0.1, 0.15) is 11.2 Å². The lowest BCUT2D eigenvalue weighted by atomic mass is 9.75. The Hall–Kier alpha value is -3.18. The van der Waals surface area contributed by atoms with Gasteiger partial charge in [0.05, 0.1) is 12.8 Å². The molecule has 0 saturated carbocycles. The van der Waals surface area contributed by atoms with Crippen LogP contribution in [-0.2, 0) is 16.8 Å². The SMILES string of the molecule is COc1cccc(-c2cccc(CN3CCC[C@](C(=O)N(C)C)(c4ccccn4)C3)c2)c1. The summed E-state index contributed by atoms with van der Waals surface area (Å²) in [4.78, 5) is 22.1. The van der Waals surface area contributed by atoms with Gasteiger partial charge in [-0.2, -0.15) is 0 Å². The molecule has 1 fully saturated rings. The number of hydrogen-bond donors (Lipinski definition) is 0. The Labute approximate surface area is 190 Å². The molecular formula is C27H31N3O2. The summed E-state index contributed by atoms with van der Waals surface area (Å²) < 4.78 is 5.38. The molecule has 0 N–H and O–H groups in total. The number of likely N-dealkylation sites (N-methyl/N-ethyl adjacent to an activating group) is 1. The van der Waals surface area contributed by atoms with Gasteiger partial charge in [0, 0.05) is 33.4 Å². The fourth-order valence-electron chi connectivity index (χ4n) is 4.76.